The van der Waals surface area contributed by atoms with Crippen molar-refractivity contribution in [2.45, 2.75) is 64.0 Å². The van der Waals surface area contributed by atoms with E-state index in [1.807, 2.05) is 49.9 Å². The third-order valence-corrected chi connectivity index (χ3v) is 5.56. The van der Waals surface area contributed by atoms with Crippen LogP contribution in [0.4, 0.5) is 4.79 Å². The molecule has 2 atom stereocenters. The van der Waals surface area contributed by atoms with Crippen LogP contribution in [0, 0.1) is 0 Å². The number of carbonyl (C=O) groups is 2. The largest absolute Gasteiger partial charge is 0.444 e. The molecule has 1 aromatic heterocycles. The number of aromatic nitrogens is 1. The van der Waals surface area contributed by atoms with Crippen LogP contribution in [0.1, 0.15) is 58.3 Å². The van der Waals surface area contributed by atoms with Gasteiger partial charge in [0, 0.05) is 19.6 Å². The number of amides is 2. The molecular weight excluding hydrogens is 370 g/mol. The second kappa shape index (κ2) is 7.69. The van der Waals surface area contributed by atoms with Crippen LogP contribution in [0.15, 0.2) is 28.7 Å². The lowest BCUT2D eigenvalue weighted by atomic mass is 9.97. The predicted molar refractivity (Wildman–Crippen MR) is 109 cm³/mol. The average molecular weight is 399 g/mol. The Labute approximate surface area is 171 Å². The molecule has 0 aliphatic carbocycles. The Kier molecular flexibility index (Phi) is 5.23. The van der Waals surface area contributed by atoms with Crippen LogP contribution in [0.25, 0.3) is 11.1 Å². The molecule has 156 valence electrons. The molecule has 0 N–H and O–H groups in total. The SMILES string of the molecule is CC(C)(C)OC(=O)N1CCC[C@@H]1C(=O)N1CCC[C@H](c2nc3ccccc3o2)C1. The summed E-state index contributed by atoms with van der Waals surface area (Å²) in [5.74, 6) is 0.782. The number of oxazole rings is 1. The number of ether oxygens (including phenoxy) is 1. The van der Waals surface area contributed by atoms with E-state index in [1.54, 1.807) is 4.90 Å². The van der Waals surface area contributed by atoms with Crippen LogP contribution in [-0.2, 0) is 9.53 Å². The Balaban J connectivity index is 1.46. The lowest BCUT2D eigenvalue weighted by molar-refractivity contribution is -0.137. The molecule has 2 fully saturated rings. The van der Waals surface area contributed by atoms with E-state index in [-0.39, 0.29) is 11.8 Å². The molecule has 7 nitrogen and oxygen atoms in total. The van der Waals surface area contributed by atoms with Gasteiger partial charge in [-0.1, -0.05) is 12.1 Å². The zero-order chi connectivity index (χ0) is 20.6. The first-order valence-electron chi connectivity index (χ1n) is 10.5. The van der Waals surface area contributed by atoms with Gasteiger partial charge in [-0.2, -0.15) is 0 Å². The van der Waals surface area contributed by atoms with Gasteiger partial charge in [0.1, 0.15) is 17.2 Å². The van der Waals surface area contributed by atoms with Crippen molar-refractivity contribution in [3.63, 3.8) is 0 Å². The van der Waals surface area contributed by atoms with Gasteiger partial charge in [0.15, 0.2) is 11.5 Å². The average Bonchev–Trinajstić information content (AvgIpc) is 3.33. The van der Waals surface area contributed by atoms with Crippen molar-refractivity contribution in [1.29, 1.82) is 0 Å². The second-order valence-electron chi connectivity index (χ2n) is 8.97. The molecule has 2 aliphatic heterocycles. The molecule has 2 amide bonds. The minimum absolute atomic E-state index is 0.00849. The van der Waals surface area contributed by atoms with Crippen molar-refractivity contribution in [2.75, 3.05) is 19.6 Å². The van der Waals surface area contributed by atoms with E-state index in [0.29, 0.717) is 31.9 Å². The number of nitrogens with zero attached hydrogens (tertiary/aromatic N) is 3. The number of piperidine rings is 1. The standard InChI is InChI=1S/C22H29N3O4/c1-22(2,3)29-21(27)25-13-7-10-17(25)20(26)24-12-6-8-15(14-24)19-23-16-9-4-5-11-18(16)28-19/h4-5,9,11,15,17H,6-8,10,12-14H2,1-3H3/t15-,17+/m0/s1. The summed E-state index contributed by atoms with van der Waals surface area (Å²) in [6.07, 6.45) is 2.94. The normalized spacial score (nSPS) is 22.9. The maximum absolute atomic E-state index is 13.3. The highest BCUT2D eigenvalue weighted by Crippen LogP contribution is 2.31. The lowest BCUT2D eigenvalue weighted by Gasteiger charge is -2.35. The van der Waals surface area contributed by atoms with Crippen molar-refractivity contribution in [2.24, 2.45) is 0 Å². The fourth-order valence-electron chi connectivity index (χ4n) is 4.22. The van der Waals surface area contributed by atoms with Gasteiger partial charge in [0.2, 0.25) is 5.91 Å². The van der Waals surface area contributed by atoms with E-state index < -0.39 is 17.7 Å². The molecule has 1 aromatic carbocycles. The molecule has 4 rings (SSSR count). The summed E-state index contributed by atoms with van der Waals surface area (Å²) in [6, 6.07) is 7.28. The predicted octanol–water partition coefficient (Wildman–Crippen LogP) is 3.93. The monoisotopic (exact) mass is 399 g/mol. The zero-order valence-electron chi connectivity index (χ0n) is 17.4. The Hall–Kier alpha value is -2.57. The minimum atomic E-state index is -0.573. The number of fused-ring (bicyclic) bond motifs is 1. The number of rotatable bonds is 2. The Morgan fingerprint density at radius 1 is 1.14 bits per heavy atom. The molecule has 2 aliphatic rings. The highest BCUT2D eigenvalue weighted by molar-refractivity contribution is 5.86. The van der Waals surface area contributed by atoms with Crippen LogP contribution in [0.3, 0.4) is 0 Å². The first-order valence-corrected chi connectivity index (χ1v) is 10.5. The minimum Gasteiger partial charge on any atom is -0.444 e. The molecule has 0 spiro atoms. The van der Waals surface area contributed by atoms with Gasteiger partial charge in [-0.05, 0) is 58.6 Å². The van der Waals surface area contributed by atoms with Gasteiger partial charge in [0.05, 0.1) is 5.92 Å². The Bertz CT molecular complexity index is 868. The second-order valence-corrected chi connectivity index (χ2v) is 8.97. The smallest absolute Gasteiger partial charge is 0.410 e. The summed E-state index contributed by atoms with van der Waals surface area (Å²) < 4.78 is 11.4. The summed E-state index contributed by atoms with van der Waals surface area (Å²) in [6.45, 7) is 7.36. The fourth-order valence-corrected chi connectivity index (χ4v) is 4.22. The number of carbonyl (C=O) groups excluding carboxylic acids is 2. The fraction of sp³-hybridized carbons (Fsp3) is 0.591. The van der Waals surface area contributed by atoms with Crippen LogP contribution >= 0.6 is 0 Å². The summed E-state index contributed by atoms with van der Waals surface area (Å²) in [4.78, 5) is 33.9. The highest BCUT2D eigenvalue weighted by atomic mass is 16.6. The third-order valence-electron chi connectivity index (χ3n) is 5.56. The first kappa shape index (κ1) is 19.7. The number of para-hydroxylation sites is 2. The lowest BCUT2D eigenvalue weighted by Crippen LogP contribution is -2.51. The van der Waals surface area contributed by atoms with Gasteiger partial charge in [-0.3, -0.25) is 9.69 Å². The van der Waals surface area contributed by atoms with Crippen LogP contribution in [0.2, 0.25) is 0 Å². The van der Waals surface area contributed by atoms with Crippen molar-refractivity contribution in [3.05, 3.63) is 30.2 Å². The maximum Gasteiger partial charge on any atom is 0.410 e. The maximum atomic E-state index is 13.3. The Morgan fingerprint density at radius 2 is 1.90 bits per heavy atom. The van der Waals surface area contributed by atoms with E-state index in [4.69, 9.17) is 9.15 Å². The molecule has 0 bridgehead atoms. The molecule has 0 saturated carbocycles. The van der Waals surface area contributed by atoms with Crippen molar-refractivity contribution in [3.8, 4) is 0 Å². The van der Waals surface area contributed by atoms with Crippen molar-refractivity contribution >= 4 is 23.1 Å². The van der Waals surface area contributed by atoms with E-state index in [9.17, 15) is 9.59 Å². The van der Waals surface area contributed by atoms with Gasteiger partial charge in [0.25, 0.3) is 0 Å². The number of hydrogen-bond donors (Lipinski definition) is 0. The van der Waals surface area contributed by atoms with Gasteiger partial charge in [-0.25, -0.2) is 9.78 Å². The molecule has 2 aromatic rings. The molecule has 3 heterocycles. The number of likely N-dealkylation sites (tertiary alicyclic amines) is 2. The summed E-state index contributed by atoms with van der Waals surface area (Å²) in [5, 5.41) is 0. The van der Waals surface area contributed by atoms with E-state index in [2.05, 4.69) is 4.98 Å². The molecule has 7 heteroatoms. The van der Waals surface area contributed by atoms with Crippen molar-refractivity contribution < 1.29 is 18.7 Å². The van der Waals surface area contributed by atoms with Crippen molar-refractivity contribution in [1.82, 2.24) is 14.8 Å². The van der Waals surface area contributed by atoms with Gasteiger partial charge in [-0.15, -0.1) is 0 Å². The first-order chi connectivity index (χ1) is 13.8. The van der Waals surface area contributed by atoms with Gasteiger partial charge < -0.3 is 14.1 Å². The van der Waals surface area contributed by atoms with E-state index in [0.717, 1.165) is 30.4 Å². The molecule has 0 radical (unpaired) electrons. The third kappa shape index (κ3) is 4.23. The van der Waals surface area contributed by atoms with Gasteiger partial charge >= 0.3 is 6.09 Å². The van der Waals surface area contributed by atoms with Crippen LogP contribution in [-0.4, -0.2) is 58.1 Å². The summed E-state index contributed by atoms with van der Waals surface area (Å²) >= 11 is 0. The highest BCUT2D eigenvalue weighted by Gasteiger charge is 2.40. The van der Waals surface area contributed by atoms with Crippen LogP contribution in [0.5, 0.6) is 0 Å². The number of hydrogen-bond acceptors (Lipinski definition) is 5. The molecule has 2 saturated heterocycles. The quantitative estimate of drug-likeness (QED) is 0.765. The van der Waals surface area contributed by atoms with Crippen LogP contribution < -0.4 is 0 Å². The zero-order valence-corrected chi connectivity index (χ0v) is 17.4. The molecular formula is C22H29N3O4. The topological polar surface area (TPSA) is 75.9 Å². The summed E-state index contributed by atoms with van der Waals surface area (Å²) in [7, 11) is 0. The summed E-state index contributed by atoms with van der Waals surface area (Å²) in [5.41, 5.74) is 1.05. The number of benzene rings is 1. The Morgan fingerprint density at radius 3 is 2.66 bits per heavy atom. The van der Waals surface area contributed by atoms with E-state index >= 15 is 0 Å². The molecule has 29 heavy (non-hydrogen) atoms. The molecule has 0 unspecified atom stereocenters. The van der Waals surface area contributed by atoms with E-state index in [1.165, 1.54) is 0 Å².